The van der Waals surface area contributed by atoms with E-state index in [9.17, 15) is 9.18 Å². The van der Waals surface area contributed by atoms with Gasteiger partial charge in [0.15, 0.2) is 5.11 Å². The molecule has 3 rings (SSSR count). The fourth-order valence-corrected chi connectivity index (χ4v) is 4.00. The molecular formula is C19H14BrFN2O2S2. The van der Waals surface area contributed by atoms with Crippen molar-refractivity contribution < 1.29 is 13.9 Å². The number of benzene rings is 2. The first-order chi connectivity index (χ1) is 13.0. The fourth-order valence-electron chi connectivity index (χ4n) is 2.34. The van der Waals surface area contributed by atoms with E-state index in [-0.39, 0.29) is 10.8 Å². The number of halogens is 2. The Morgan fingerprint density at radius 1 is 1.15 bits per heavy atom. The lowest BCUT2D eigenvalue weighted by Gasteiger charge is -2.11. The summed E-state index contributed by atoms with van der Waals surface area (Å²) < 4.78 is 19.5. The van der Waals surface area contributed by atoms with Crippen molar-refractivity contribution in [2.45, 2.75) is 0 Å². The quantitative estimate of drug-likeness (QED) is 0.371. The lowest BCUT2D eigenvalue weighted by molar-refractivity contribution is 0.0602. The van der Waals surface area contributed by atoms with Gasteiger partial charge in [-0.25, -0.2) is 9.18 Å². The first kappa shape index (κ1) is 19.5. The highest BCUT2D eigenvalue weighted by Crippen LogP contribution is 2.36. The molecule has 0 bridgehead atoms. The van der Waals surface area contributed by atoms with Crippen molar-refractivity contribution in [1.82, 2.24) is 0 Å². The number of hydrogen-bond donors (Lipinski definition) is 2. The van der Waals surface area contributed by atoms with Crippen molar-refractivity contribution in [3.8, 4) is 10.4 Å². The molecule has 0 radical (unpaired) electrons. The zero-order valence-corrected chi connectivity index (χ0v) is 17.3. The number of ether oxygens (including phenoxy) is 1. The minimum absolute atomic E-state index is 0.169. The maximum Gasteiger partial charge on any atom is 0.340 e. The fraction of sp³-hybridized carbons (Fsp3) is 0.0526. The van der Waals surface area contributed by atoms with Crippen LogP contribution < -0.4 is 10.6 Å². The summed E-state index contributed by atoms with van der Waals surface area (Å²) in [6.45, 7) is 0. The van der Waals surface area contributed by atoms with Crippen molar-refractivity contribution in [2.24, 2.45) is 0 Å². The van der Waals surface area contributed by atoms with Crippen molar-refractivity contribution in [1.29, 1.82) is 0 Å². The van der Waals surface area contributed by atoms with Crippen LogP contribution in [0.15, 0.2) is 59.1 Å². The Bertz CT molecular complexity index is 993. The summed E-state index contributed by atoms with van der Waals surface area (Å²) in [6, 6.07) is 16.0. The van der Waals surface area contributed by atoms with Crippen LogP contribution in [-0.2, 0) is 4.74 Å². The SMILES string of the molecule is COC(=O)c1cc(-c2ccccc2)sc1NC(=S)Nc1ccc(Br)cc1F. The second kappa shape index (κ2) is 8.60. The summed E-state index contributed by atoms with van der Waals surface area (Å²) >= 11 is 9.84. The van der Waals surface area contributed by atoms with Crippen LogP contribution in [0.1, 0.15) is 10.4 Å². The lowest BCUT2D eigenvalue weighted by Crippen LogP contribution is -2.20. The third-order valence-corrected chi connectivity index (χ3v) is 5.40. The summed E-state index contributed by atoms with van der Waals surface area (Å²) in [5.74, 6) is -0.925. The smallest absolute Gasteiger partial charge is 0.340 e. The normalized spacial score (nSPS) is 10.3. The maximum absolute atomic E-state index is 14.0. The number of hydrogen-bond acceptors (Lipinski definition) is 4. The maximum atomic E-state index is 14.0. The molecule has 0 spiro atoms. The van der Waals surface area contributed by atoms with Gasteiger partial charge in [-0.15, -0.1) is 11.3 Å². The van der Waals surface area contributed by atoms with Gasteiger partial charge in [0.25, 0.3) is 0 Å². The first-order valence-electron chi connectivity index (χ1n) is 7.78. The van der Waals surface area contributed by atoms with Gasteiger partial charge in [-0.1, -0.05) is 46.3 Å². The Labute approximate surface area is 173 Å². The van der Waals surface area contributed by atoms with Crippen LogP contribution in [0, 0.1) is 5.82 Å². The second-order valence-corrected chi connectivity index (χ2v) is 7.79. The molecule has 3 aromatic rings. The average Bonchev–Trinajstić information content (AvgIpc) is 3.08. The molecule has 0 saturated heterocycles. The molecule has 1 aromatic heterocycles. The van der Waals surface area contributed by atoms with Crippen molar-refractivity contribution in [3.05, 3.63) is 70.5 Å². The molecule has 0 saturated carbocycles. The molecule has 0 fully saturated rings. The molecule has 0 aliphatic carbocycles. The molecule has 4 nitrogen and oxygen atoms in total. The molecular weight excluding hydrogens is 451 g/mol. The molecule has 138 valence electrons. The van der Waals surface area contributed by atoms with E-state index < -0.39 is 11.8 Å². The summed E-state index contributed by atoms with van der Waals surface area (Å²) in [7, 11) is 1.32. The minimum Gasteiger partial charge on any atom is -0.465 e. The number of anilines is 2. The predicted octanol–water partition coefficient (Wildman–Crippen LogP) is 5.91. The van der Waals surface area contributed by atoms with Gasteiger partial charge in [0, 0.05) is 9.35 Å². The van der Waals surface area contributed by atoms with E-state index in [2.05, 4.69) is 26.6 Å². The van der Waals surface area contributed by atoms with E-state index in [1.54, 1.807) is 18.2 Å². The zero-order chi connectivity index (χ0) is 19.4. The molecule has 2 N–H and O–H groups in total. The van der Waals surface area contributed by atoms with Crippen LogP contribution in [0.5, 0.6) is 0 Å². The van der Waals surface area contributed by atoms with E-state index in [0.717, 1.165) is 10.4 Å². The van der Waals surface area contributed by atoms with Crippen LogP contribution in [-0.4, -0.2) is 18.2 Å². The predicted molar refractivity (Wildman–Crippen MR) is 115 cm³/mol. The number of carbonyl (C=O) groups excluding carboxylic acids is 1. The number of rotatable bonds is 4. The van der Waals surface area contributed by atoms with Crippen molar-refractivity contribution in [2.75, 3.05) is 17.7 Å². The number of esters is 1. The number of methoxy groups -OCH3 is 1. The van der Waals surface area contributed by atoms with Gasteiger partial charge in [-0.2, -0.15) is 0 Å². The number of thiocarbonyl (C=S) groups is 1. The molecule has 0 aliphatic rings. The van der Waals surface area contributed by atoms with Gasteiger partial charge in [0.05, 0.1) is 18.4 Å². The Morgan fingerprint density at radius 3 is 2.56 bits per heavy atom. The molecule has 8 heteroatoms. The summed E-state index contributed by atoms with van der Waals surface area (Å²) in [5, 5.41) is 6.46. The van der Waals surface area contributed by atoms with Gasteiger partial charge in [-0.3, -0.25) is 0 Å². The van der Waals surface area contributed by atoms with Crippen LogP contribution in [0.3, 0.4) is 0 Å². The summed E-state index contributed by atoms with van der Waals surface area (Å²) in [4.78, 5) is 13.0. The number of nitrogens with one attached hydrogen (secondary N) is 2. The monoisotopic (exact) mass is 464 g/mol. The van der Waals surface area contributed by atoms with Crippen LogP contribution in [0.2, 0.25) is 0 Å². The van der Waals surface area contributed by atoms with Gasteiger partial charge in [0.2, 0.25) is 0 Å². The number of thiophene rings is 1. The second-order valence-electron chi connectivity index (χ2n) is 5.41. The molecule has 0 unspecified atom stereocenters. The van der Waals surface area contributed by atoms with Gasteiger partial charge >= 0.3 is 5.97 Å². The van der Waals surface area contributed by atoms with Crippen LogP contribution in [0.25, 0.3) is 10.4 Å². The highest BCUT2D eigenvalue weighted by Gasteiger charge is 2.18. The highest BCUT2D eigenvalue weighted by atomic mass is 79.9. The van der Waals surface area contributed by atoms with Gasteiger partial charge < -0.3 is 15.4 Å². The van der Waals surface area contributed by atoms with Crippen LogP contribution in [0.4, 0.5) is 15.1 Å². The topological polar surface area (TPSA) is 50.4 Å². The minimum atomic E-state index is -0.478. The van der Waals surface area contributed by atoms with Gasteiger partial charge in [-0.05, 0) is 42.0 Å². The van der Waals surface area contributed by atoms with E-state index in [0.29, 0.717) is 15.0 Å². The molecule has 1 heterocycles. The summed E-state index contributed by atoms with van der Waals surface area (Å²) in [6.07, 6.45) is 0. The molecule has 0 atom stereocenters. The molecule has 27 heavy (non-hydrogen) atoms. The zero-order valence-electron chi connectivity index (χ0n) is 14.1. The number of carbonyl (C=O) groups is 1. The Morgan fingerprint density at radius 2 is 1.89 bits per heavy atom. The highest BCUT2D eigenvalue weighted by molar-refractivity contribution is 9.10. The average molecular weight is 465 g/mol. The Balaban J connectivity index is 1.85. The van der Waals surface area contributed by atoms with E-state index in [1.807, 2.05) is 30.3 Å². The van der Waals surface area contributed by atoms with Gasteiger partial charge in [0.1, 0.15) is 10.8 Å². The van der Waals surface area contributed by atoms with E-state index in [1.165, 1.54) is 24.5 Å². The first-order valence-corrected chi connectivity index (χ1v) is 9.80. The van der Waals surface area contributed by atoms with Crippen LogP contribution >= 0.6 is 39.5 Å². The lowest BCUT2D eigenvalue weighted by atomic mass is 10.1. The Hall–Kier alpha value is -2.29. The molecule has 2 aromatic carbocycles. The van der Waals surface area contributed by atoms with E-state index in [4.69, 9.17) is 17.0 Å². The molecule has 0 amide bonds. The molecule has 0 aliphatic heterocycles. The third-order valence-electron chi connectivity index (χ3n) is 3.60. The Kier molecular flexibility index (Phi) is 6.20. The van der Waals surface area contributed by atoms with Crippen molar-refractivity contribution >= 4 is 61.3 Å². The summed E-state index contributed by atoms with van der Waals surface area (Å²) in [5.41, 5.74) is 1.57. The van der Waals surface area contributed by atoms with Crippen molar-refractivity contribution in [3.63, 3.8) is 0 Å². The standard InChI is InChI=1S/C19H14BrFN2O2S2/c1-25-18(24)13-10-16(11-5-3-2-4-6-11)27-17(13)23-19(26)22-15-8-7-12(20)9-14(15)21/h2-10H,1H3,(H2,22,23,26). The third kappa shape index (κ3) is 4.71. The largest absolute Gasteiger partial charge is 0.465 e. The van der Waals surface area contributed by atoms with E-state index >= 15 is 0 Å².